The Kier molecular flexibility index (Phi) is 2.57. The summed E-state index contributed by atoms with van der Waals surface area (Å²) in [4.78, 5) is 0. The Morgan fingerprint density at radius 1 is 1.40 bits per heavy atom. The van der Waals surface area contributed by atoms with Gasteiger partial charge >= 0.3 is 0 Å². The maximum Gasteiger partial charge on any atom is 0.0914 e. The summed E-state index contributed by atoms with van der Waals surface area (Å²) in [5.41, 5.74) is 8.70. The number of benzene rings is 1. The summed E-state index contributed by atoms with van der Waals surface area (Å²) in [6.45, 7) is 4.16. The van der Waals surface area contributed by atoms with E-state index in [-0.39, 0.29) is 6.04 Å². The van der Waals surface area contributed by atoms with Crippen LogP contribution >= 0.6 is 0 Å². The van der Waals surface area contributed by atoms with E-state index in [4.69, 9.17) is 5.73 Å². The Morgan fingerprint density at radius 3 is 2.73 bits per heavy atom. The third kappa shape index (κ3) is 1.80. The Bertz CT molecular complexity index is 375. The molecule has 2 heteroatoms. The molecule has 2 rings (SSSR count). The van der Waals surface area contributed by atoms with Crippen LogP contribution in [0.1, 0.15) is 36.0 Å². The molecule has 2 unspecified atom stereocenters. The minimum absolute atomic E-state index is 0.148. The highest BCUT2D eigenvalue weighted by Crippen LogP contribution is 2.39. The van der Waals surface area contributed by atoms with Crippen LogP contribution in [0.25, 0.3) is 0 Å². The molecule has 3 N–H and O–H groups in total. The molecule has 0 spiro atoms. The van der Waals surface area contributed by atoms with Crippen molar-refractivity contribution >= 4 is 0 Å². The molecule has 2 nitrogen and oxygen atoms in total. The van der Waals surface area contributed by atoms with Crippen molar-refractivity contribution in [1.82, 2.24) is 0 Å². The van der Waals surface area contributed by atoms with Gasteiger partial charge in [0.05, 0.1) is 5.60 Å². The van der Waals surface area contributed by atoms with Crippen LogP contribution < -0.4 is 5.73 Å². The van der Waals surface area contributed by atoms with Gasteiger partial charge in [0.15, 0.2) is 0 Å². The standard InChI is InChI=1S/C13H19NO/c1-9-4-3-5-12(10(9)2)13(15)7-6-11(14)8-13/h3-5,11,15H,6-8,14H2,1-2H3. The Morgan fingerprint density at radius 2 is 2.13 bits per heavy atom. The number of aliphatic hydroxyl groups is 1. The molecule has 1 aromatic carbocycles. The first-order valence-corrected chi connectivity index (χ1v) is 5.57. The first-order valence-electron chi connectivity index (χ1n) is 5.57. The minimum Gasteiger partial charge on any atom is -0.385 e. The van der Waals surface area contributed by atoms with Gasteiger partial charge in [-0.25, -0.2) is 0 Å². The smallest absolute Gasteiger partial charge is 0.0914 e. The van der Waals surface area contributed by atoms with Crippen LogP contribution in [0.15, 0.2) is 18.2 Å². The summed E-state index contributed by atoms with van der Waals surface area (Å²) in [7, 11) is 0. The molecular weight excluding hydrogens is 186 g/mol. The predicted molar refractivity (Wildman–Crippen MR) is 61.6 cm³/mol. The molecule has 0 heterocycles. The Balaban J connectivity index is 2.41. The summed E-state index contributed by atoms with van der Waals surface area (Å²) >= 11 is 0. The van der Waals surface area contributed by atoms with E-state index in [0.29, 0.717) is 6.42 Å². The van der Waals surface area contributed by atoms with Crippen LogP contribution in [-0.4, -0.2) is 11.1 Å². The number of hydrogen-bond acceptors (Lipinski definition) is 2. The zero-order chi connectivity index (χ0) is 11.1. The zero-order valence-electron chi connectivity index (χ0n) is 9.46. The van der Waals surface area contributed by atoms with E-state index in [1.54, 1.807) is 0 Å². The monoisotopic (exact) mass is 205 g/mol. The lowest BCUT2D eigenvalue weighted by atomic mass is 9.87. The van der Waals surface area contributed by atoms with Crippen LogP contribution in [0, 0.1) is 13.8 Å². The van der Waals surface area contributed by atoms with E-state index in [1.165, 1.54) is 11.1 Å². The van der Waals surface area contributed by atoms with Crippen molar-refractivity contribution in [3.05, 3.63) is 34.9 Å². The van der Waals surface area contributed by atoms with Crippen LogP contribution in [0.5, 0.6) is 0 Å². The molecule has 1 aromatic rings. The molecule has 82 valence electrons. The molecule has 0 amide bonds. The molecule has 0 aromatic heterocycles. The number of hydrogen-bond donors (Lipinski definition) is 2. The number of rotatable bonds is 1. The fraction of sp³-hybridized carbons (Fsp3) is 0.538. The van der Waals surface area contributed by atoms with Gasteiger partial charge in [0, 0.05) is 6.04 Å². The van der Waals surface area contributed by atoms with E-state index in [0.717, 1.165) is 18.4 Å². The van der Waals surface area contributed by atoms with Gasteiger partial charge in [-0.3, -0.25) is 0 Å². The topological polar surface area (TPSA) is 46.2 Å². The Hall–Kier alpha value is -0.860. The normalized spacial score (nSPS) is 30.8. The van der Waals surface area contributed by atoms with Crippen molar-refractivity contribution in [2.75, 3.05) is 0 Å². The Labute approximate surface area is 91.1 Å². The second-order valence-electron chi connectivity index (χ2n) is 4.78. The van der Waals surface area contributed by atoms with Crippen molar-refractivity contribution in [2.45, 2.75) is 44.8 Å². The average Bonchev–Trinajstić information content (AvgIpc) is 2.52. The lowest BCUT2D eigenvalue weighted by Crippen LogP contribution is -2.26. The van der Waals surface area contributed by atoms with Gasteiger partial charge in [-0.2, -0.15) is 0 Å². The molecule has 0 saturated heterocycles. The molecule has 1 fully saturated rings. The minimum atomic E-state index is -0.685. The molecule has 0 aliphatic heterocycles. The summed E-state index contributed by atoms with van der Waals surface area (Å²) in [6, 6.07) is 6.27. The molecule has 15 heavy (non-hydrogen) atoms. The second-order valence-corrected chi connectivity index (χ2v) is 4.78. The van der Waals surface area contributed by atoms with Crippen molar-refractivity contribution in [1.29, 1.82) is 0 Å². The summed E-state index contributed by atoms with van der Waals surface area (Å²) in [5, 5.41) is 10.6. The van der Waals surface area contributed by atoms with Gasteiger partial charge < -0.3 is 10.8 Å². The highest BCUT2D eigenvalue weighted by Gasteiger charge is 2.38. The SMILES string of the molecule is Cc1cccc(C2(O)CCC(N)C2)c1C. The van der Waals surface area contributed by atoms with E-state index in [1.807, 2.05) is 12.1 Å². The van der Waals surface area contributed by atoms with Gasteiger partial charge in [0.25, 0.3) is 0 Å². The quantitative estimate of drug-likeness (QED) is 0.736. The fourth-order valence-electron chi connectivity index (χ4n) is 2.56. The molecule has 1 aliphatic carbocycles. The largest absolute Gasteiger partial charge is 0.385 e. The fourth-order valence-corrected chi connectivity index (χ4v) is 2.56. The lowest BCUT2D eigenvalue weighted by molar-refractivity contribution is 0.0424. The highest BCUT2D eigenvalue weighted by atomic mass is 16.3. The van der Waals surface area contributed by atoms with Crippen LogP contribution in [0.4, 0.5) is 0 Å². The highest BCUT2D eigenvalue weighted by molar-refractivity contribution is 5.37. The average molecular weight is 205 g/mol. The summed E-state index contributed by atoms with van der Waals surface area (Å²) in [6.07, 6.45) is 2.40. The third-order valence-corrected chi connectivity index (χ3v) is 3.63. The van der Waals surface area contributed by atoms with E-state index >= 15 is 0 Å². The van der Waals surface area contributed by atoms with E-state index in [9.17, 15) is 5.11 Å². The van der Waals surface area contributed by atoms with Crippen molar-refractivity contribution in [3.8, 4) is 0 Å². The van der Waals surface area contributed by atoms with Crippen molar-refractivity contribution in [2.24, 2.45) is 5.73 Å². The second kappa shape index (κ2) is 3.62. The van der Waals surface area contributed by atoms with Gasteiger partial charge in [-0.05, 0) is 49.8 Å². The summed E-state index contributed by atoms with van der Waals surface area (Å²) in [5.74, 6) is 0. The third-order valence-electron chi connectivity index (χ3n) is 3.63. The van der Waals surface area contributed by atoms with Crippen molar-refractivity contribution in [3.63, 3.8) is 0 Å². The summed E-state index contributed by atoms with van der Waals surface area (Å²) < 4.78 is 0. The van der Waals surface area contributed by atoms with Crippen LogP contribution in [0.3, 0.4) is 0 Å². The molecule has 0 radical (unpaired) electrons. The lowest BCUT2D eigenvalue weighted by Gasteiger charge is -2.25. The molecule has 0 bridgehead atoms. The maximum atomic E-state index is 10.6. The van der Waals surface area contributed by atoms with Crippen LogP contribution in [0.2, 0.25) is 0 Å². The first-order chi connectivity index (χ1) is 7.03. The first kappa shape index (κ1) is 10.7. The number of nitrogens with two attached hydrogens (primary N) is 1. The van der Waals surface area contributed by atoms with Gasteiger partial charge in [0.2, 0.25) is 0 Å². The molecular formula is C13H19NO. The molecule has 1 aliphatic rings. The van der Waals surface area contributed by atoms with Crippen LogP contribution in [-0.2, 0) is 5.60 Å². The van der Waals surface area contributed by atoms with E-state index < -0.39 is 5.60 Å². The van der Waals surface area contributed by atoms with E-state index in [2.05, 4.69) is 19.9 Å². The zero-order valence-corrected chi connectivity index (χ0v) is 9.46. The van der Waals surface area contributed by atoms with Gasteiger partial charge in [-0.15, -0.1) is 0 Å². The molecule has 1 saturated carbocycles. The number of aryl methyl sites for hydroxylation is 1. The van der Waals surface area contributed by atoms with Gasteiger partial charge in [0.1, 0.15) is 0 Å². The predicted octanol–water partition coefficient (Wildman–Crippen LogP) is 2.00. The van der Waals surface area contributed by atoms with Crippen molar-refractivity contribution < 1.29 is 5.11 Å². The molecule has 2 atom stereocenters. The maximum absolute atomic E-state index is 10.6. The van der Waals surface area contributed by atoms with Gasteiger partial charge in [-0.1, -0.05) is 18.2 Å².